The van der Waals surface area contributed by atoms with Crippen LogP contribution in [-0.4, -0.2) is 45.1 Å². The zero-order chi connectivity index (χ0) is 20.8. The molecule has 9 heteroatoms. The molecule has 3 aliphatic rings. The first-order valence-corrected chi connectivity index (χ1v) is 11.0. The second-order valence-corrected chi connectivity index (χ2v) is 9.20. The molecule has 1 aromatic heterocycles. The van der Waals surface area contributed by atoms with Crippen molar-refractivity contribution >= 4 is 29.1 Å². The molecule has 3 N–H and O–H groups in total. The van der Waals surface area contributed by atoms with Gasteiger partial charge in [-0.15, -0.1) is 11.3 Å². The van der Waals surface area contributed by atoms with Gasteiger partial charge in [-0.1, -0.05) is 12.1 Å². The fraction of sp³-hybridized carbons (Fsp3) is 0.429. The molecular weight excluding hydrogens is 402 g/mol. The first-order chi connectivity index (χ1) is 14.5. The maximum atomic E-state index is 13.0. The fourth-order valence-corrected chi connectivity index (χ4v) is 5.43. The van der Waals surface area contributed by atoms with Gasteiger partial charge in [0, 0.05) is 49.6 Å². The lowest BCUT2D eigenvalue weighted by atomic mass is 10.0. The second-order valence-electron chi connectivity index (χ2n) is 8.03. The number of benzene rings is 1. The van der Waals surface area contributed by atoms with Crippen LogP contribution in [0.5, 0.6) is 0 Å². The van der Waals surface area contributed by atoms with Crippen LogP contribution in [0.15, 0.2) is 18.2 Å². The molecule has 5 rings (SSSR count). The Hall–Kier alpha value is -2.62. The molecule has 0 saturated carbocycles. The minimum absolute atomic E-state index is 0.130. The SMILES string of the molecule is NCc1nc2c(s1)CCN(Cc1ccc3c(c1)C(=O)N(C1CCC(=O)NC1=O)C3)C2. The van der Waals surface area contributed by atoms with Gasteiger partial charge in [0.15, 0.2) is 0 Å². The average molecular weight is 426 g/mol. The lowest BCUT2D eigenvalue weighted by molar-refractivity contribution is -0.136. The molecule has 1 unspecified atom stereocenters. The number of fused-ring (bicyclic) bond motifs is 2. The molecule has 0 spiro atoms. The minimum atomic E-state index is -0.576. The fourth-order valence-electron chi connectivity index (χ4n) is 4.49. The van der Waals surface area contributed by atoms with Gasteiger partial charge in [0.25, 0.3) is 5.91 Å². The number of carbonyl (C=O) groups excluding carboxylic acids is 3. The molecule has 3 aliphatic heterocycles. The standard InChI is InChI=1S/C21H23N5O3S/c22-8-19-23-15-11-25(6-5-17(15)30-19)9-12-1-2-13-10-26(21(29)14(13)7-12)16-3-4-18(27)24-20(16)28/h1-2,7,16H,3-6,8-11,22H2,(H,24,27,28). The van der Waals surface area contributed by atoms with Crippen LogP contribution in [0.2, 0.25) is 0 Å². The zero-order valence-electron chi connectivity index (χ0n) is 16.5. The van der Waals surface area contributed by atoms with Gasteiger partial charge in [0.1, 0.15) is 11.0 Å². The van der Waals surface area contributed by atoms with Crippen LogP contribution in [0.4, 0.5) is 0 Å². The van der Waals surface area contributed by atoms with E-state index in [0.29, 0.717) is 25.1 Å². The highest BCUT2D eigenvalue weighted by Crippen LogP contribution is 2.30. The van der Waals surface area contributed by atoms with Crippen LogP contribution in [0.25, 0.3) is 0 Å². The van der Waals surface area contributed by atoms with Crippen LogP contribution >= 0.6 is 11.3 Å². The molecule has 156 valence electrons. The highest BCUT2D eigenvalue weighted by molar-refractivity contribution is 7.11. The van der Waals surface area contributed by atoms with Crippen molar-refractivity contribution in [1.29, 1.82) is 0 Å². The van der Waals surface area contributed by atoms with E-state index in [0.717, 1.165) is 47.9 Å². The number of thiazole rings is 1. The Kier molecular flexibility index (Phi) is 4.88. The predicted molar refractivity (Wildman–Crippen MR) is 110 cm³/mol. The maximum absolute atomic E-state index is 13.0. The van der Waals surface area contributed by atoms with Crippen LogP contribution in [0.3, 0.4) is 0 Å². The lowest BCUT2D eigenvalue weighted by Gasteiger charge is -2.29. The summed E-state index contributed by atoms with van der Waals surface area (Å²) in [6.45, 7) is 3.38. The Labute approximate surface area is 178 Å². The number of nitrogens with zero attached hydrogens (tertiary/aromatic N) is 3. The van der Waals surface area contributed by atoms with Gasteiger partial charge in [0.05, 0.1) is 5.69 Å². The van der Waals surface area contributed by atoms with E-state index >= 15 is 0 Å². The first kappa shape index (κ1) is 19.3. The second kappa shape index (κ2) is 7.57. The van der Waals surface area contributed by atoms with Gasteiger partial charge < -0.3 is 10.6 Å². The predicted octanol–water partition coefficient (Wildman–Crippen LogP) is 0.921. The third-order valence-electron chi connectivity index (χ3n) is 6.02. The normalized spacial score (nSPS) is 21.6. The maximum Gasteiger partial charge on any atom is 0.255 e. The van der Waals surface area contributed by atoms with E-state index in [9.17, 15) is 14.4 Å². The van der Waals surface area contributed by atoms with Crippen molar-refractivity contribution in [3.05, 3.63) is 50.5 Å². The quantitative estimate of drug-likeness (QED) is 0.706. The van der Waals surface area contributed by atoms with Gasteiger partial charge in [-0.25, -0.2) is 4.98 Å². The molecule has 1 saturated heterocycles. The number of carbonyl (C=O) groups is 3. The van der Waals surface area contributed by atoms with Gasteiger partial charge in [-0.3, -0.25) is 24.6 Å². The number of nitrogens with two attached hydrogens (primary N) is 1. The van der Waals surface area contributed by atoms with Gasteiger partial charge in [0.2, 0.25) is 11.8 Å². The highest BCUT2D eigenvalue weighted by atomic mass is 32.1. The highest BCUT2D eigenvalue weighted by Gasteiger charge is 2.39. The Balaban J connectivity index is 1.29. The number of piperidine rings is 1. The van der Waals surface area contributed by atoms with Crippen molar-refractivity contribution in [1.82, 2.24) is 20.1 Å². The molecule has 0 aliphatic carbocycles. The number of hydrogen-bond donors (Lipinski definition) is 2. The lowest BCUT2D eigenvalue weighted by Crippen LogP contribution is -2.52. The minimum Gasteiger partial charge on any atom is -0.325 e. The largest absolute Gasteiger partial charge is 0.325 e. The molecule has 30 heavy (non-hydrogen) atoms. The Bertz CT molecular complexity index is 1050. The number of imide groups is 1. The van der Waals surface area contributed by atoms with E-state index in [1.54, 1.807) is 16.2 Å². The number of hydrogen-bond acceptors (Lipinski definition) is 7. The Morgan fingerprint density at radius 1 is 1.20 bits per heavy atom. The molecule has 0 radical (unpaired) electrons. The van der Waals surface area contributed by atoms with Crippen molar-refractivity contribution in [2.45, 2.75) is 51.5 Å². The molecule has 1 fully saturated rings. The van der Waals surface area contributed by atoms with E-state index in [1.807, 2.05) is 12.1 Å². The molecule has 0 bridgehead atoms. The number of nitrogens with one attached hydrogen (secondary N) is 1. The van der Waals surface area contributed by atoms with Crippen LogP contribution in [-0.2, 0) is 42.2 Å². The number of amides is 3. The van der Waals surface area contributed by atoms with E-state index in [4.69, 9.17) is 5.73 Å². The van der Waals surface area contributed by atoms with Gasteiger partial charge >= 0.3 is 0 Å². The van der Waals surface area contributed by atoms with Crippen LogP contribution in [0, 0.1) is 0 Å². The van der Waals surface area contributed by atoms with Crippen LogP contribution < -0.4 is 11.1 Å². The molecule has 8 nitrogen and oxygen atoms in total. The van der Waals surface area contributed by atoms with Crippen molar-refractivity contribution < 1.29 is 14.4 Å². The zero-order valence-corrected chi connectivity index (χ0v) is 17.3. The summed E-state index contributed by atoms with van der Waals surface area (Å²) in [5.74, 6) is -0.780. The van der Waals surface area contributed by atoms with E-state index in [-0.39, 0.29) is 24.1 Å². The summed E-state index contributed by atoms with van der Waals surface area (Å²) in [5.41, 5.74) is 9.51. The molecule has 1 aromatic carbocycles. The third kappa shape index (κ3) is 3.42. The summed E-state index contributed by atoms with van der Waals surface area (Å²) < 4.78 is 0. The molecule has 4 heterocycles. The monoisotopic (exact) mass is 425 g/mol. The summed E-state index contributed by atoms with van der Waals surface area (Å²) in [7, 11) is 0. The van der Waals surface area contributed by atoms with Crippen molar-refractivity contribution in [2.24, 2.45) is 5.73 Å². The smallest absolute Gasteiger partial charge is 0.255 e. The molecule has 3 amide bonds. The van der Waals surface area contributed by atoms with Crippen molar-refractivity contribution in [2.75, 3.05) is 6.54 Å². The Morgan fingerprint density at radius 3 is 2.87 bits per heavy atom. The average Bonchev–Trinajstić information content (AvgIpc) is 3.29. The summed E-state index contributed by atoms with van der Waals surface area (Å²) in [4.78, 5) is 46.5. The summed E-state index contributed by atoms with van der Waals surface area (Å²) in [6.07, 6.45) is 1.62. The Morgan fingerprint density at radius 2 is 2.07 bits per heavy atom. The first-order valence-electron chi connectivity index (χ1n) is 10.2. The summed E-state index contributed by atoms with van der Waals surface area (Å²) in [5, 5.41) is 3.33. The third-order valence-corrected chi connectivity index (χ3v) is 7.20. The van der Waals surface area contributed by atoms with Crippen molar-refractivity contribution in [3.63, 3.8) is 0 Å². The number of aromatic nitrogens is 1. The molecule has 1 atom stereocenters. The van der Waals surface area contributed by atoms with E-state index in [1.165, 1.54) is 4.88 Å². The summed E-state index contributed by atoms with van der Waals surface area (Å²) in [6, 6.07) is 5.42. The van der Waals surface area contributed by atoms with Gasteiger partial charge in [-0.05, 0) is 30.0 Å². The van der Waals surface area contributed by atoms with E-state index in [2.05, 4.69) is 21.3 Å². The molecular formula is C21H23N5O3S. The number of rotatable bonds is 4. The molecule has 2 aromatic rings. The summed E-state index contributed by atoms with van der Waals surface area (Å²) >= 11 is 1.71. The van der Waals surface area contributed by atoms with Gasteiger partial charge in [-0.2, -0.15) is 0 Å². The van der Waals surface area contributed by atoms with Crippen molar-refractivity contribution in [3.8, 4) is 0 Å². The van der Waals surface area contributed by atoms with E-state index < -0.39 is 6.04 Å². The topological polar surface area (TPSA) is 109 Å². The van der Waals surface area contributed by atoms with Crippen LogP contribution in [0.1, 0.15) is 49.9 Å².